The number of amides is 1. The molecule has 5 rings (SSSR count). The van der Waals surface area contributed by atoms with Crippen LogP contribution in [-0.2, 0) is 27.2 Å². The predicted molar refractivity (Wildman–Crippen MR) is 184 cm³/mol. The highest BCUT2D eigenvalue weighted by molar-refractivity contribution is 7.93. The van der Waals surface area contributed by atoms with Crippen molar-refractivity contribution in [3.05, 3.63) is 99.2 Å². The molecule has 3 aromatic carbocycles. The summed E-state index contributed by atoms with van der Waals surface area (Å²) in [5.74, 6) is -5.32. The molecule has 17 heteroatoms. The maximum absolute atomic E-state index is 16.3. The summed E-state index contributed by atoms with van der Waals surface area (Å²) in [4.78, 5) is 28.7. The van der Waals surface area contributed by atoms with E-state index in [1.54, 1.807) is 44.4 Å². The molecule has 51 heavy (non-hydrogen) atoms. The standard InChI is InChI=1S/C34H35F3N4O8S2/c1-20(23-9-7-8-10-24(23)34(36,37)19-39-31(42)49-33(2,3)4)41-25-13-14-27(28(35)29(25)48-32(41)43)51(44,45)40(30-38-15-16-50-30)18-21-11-12-22(46-5)17-26(21)47-6/h7-17,20H,18-19H2,1-6H3,(H,39,42). The number of carbonyl (C=O) groups is 1. The maximum Gasteiger partial charge on any atom is 0.420 e. The number of anilines is 1. The molecule has 1 N–H and O–H groups in total. The number of ether oxygens (including phenoxy) is 3. The van der Waals surface area contributed by atoms with Crippen molar-refractivity contribution in [1.29, 1.82) is 0 Å². The summed E-state index contributed by atoms with van der Waals surface area (Å²) in [6, 6.07) is 11.1. The minimum atomic E-state index is -4.71. The zero-order valence-corrected chi connectivity index (χ0v) is 30.0. The van der Waals surface area contributed by atoms with Crippen molar-refractivity contribution in [2.24, 2.45) is 0 Å². The second-order valence-electron chi connectivity index (χ2n) is 12.3. The molecule has 0 spiro atoms. The molecular weight excluding hydrogens is 714 g/mol. The number of nitrogens with one attached hydrogen (secondary N) is 1. The minimum Gasteiger partial charge on any atom is -0.497 e. The highest BCUT2D eigenvalue weighted by Gasteiger charge is 2.38. The van der Waals surface area contributed by atoms with Crippen molar-refractivity contribution in [3.63, 3.8) is 0 Å². The van der Waals surface area contributed by atoms with Gasteiger partial charge in [0.05, 0.1) is 38.9 Å². The summed E-state index contributed by atoms with van der Waals surface area (Å²) in [5.41, 5.74) is -1.90. The van der Waals surface area contributed by atoms with Gasteiger partial charge in [-0.25, -0.2) is 31.7 Å². The van der Waals surface area contributed by atoms with E-state index >= 15 is 13.2 Å². The number of fused-ring (bicyclic) bond motifs is 1. The molecule has 0 aliphatic carbocycles. The Bertz CT molecular complexity index is 2210. The number of nitrogens with zero attached hydrogens (tertiary/aromatic N) is 3. The average Bonchev–Trinajstić information content (AvgIpc) is 3.73. The first kappa shape index (κ1) is 37.2. The number of carbonyl (C=O) groups excluding carboxylic acids is 1. The number of thiazole rings is 1. The van der Waals surface area contributed by atoms with E-state index in [0.29, 0.717) is 17.1 Å². The molecule has 1 unspecified atom stereocenters. The Hall–Kier alpha value is -5.03. The van der Waals surface area contributed by atoms with Crippen molar-refractivity contribution in [1.82, 2.24) is 14.9 Å². The third-order valence-electron chi connectivity index (χ3n) is 7.74. The zero-order valence-electron chi connectivity index (χ0n) is 28.4. The number of aromatic nitrogens is 2. The van der Waals surface area contributed by atoms with Crippen molar-refractivity contribution >= 4 is 43.7 Å². The monoisotopic (exact) mass is 748 g/mol. The average molecular weight is 749 g/mol. The number of hydrogen-bond acceptors (Lipinski definition) is 10. The smallest absolute Gasteiger partial charge is 0.420 e. The highest BCUT2D eigenvalue weighted by atomic mass is 32.2. The molecule has 0 aliphatic heterocycles. The van der Waals surface area contributed by atoms with Gasteiger partial charge in [0.25, 0.3) is 15.9 Å². The molecule has 12 nitrogen and oxygen atoms in total. The molecule has 0 saturated heterocycles. The lowest BCUT2D eigenvalue weighted by Crippen LogP contribution is -2.39. The first-order valence-electron chi connectivity index (χ1n) is 15.4. The molecule has 2 heterocycles. The van der Waals surface area contributed by atoms with E-state index in [0.717, 1.165) is 32.3 Å². The number of benzene rings is 3. The molecule has 0 fully saturated rings. The SMILES string of the molecule is COc1ccc(CN(c2nccs2)S(=O)(=O)c2ccc3c(oc(=O)n3C(C)c3ccccc3C(F)(F)CNC(=O)OC(C)(C)C)c2F)c(OC)c1. The van der Waals surface area contributed by atoms with Crippen LogP contribution in [0.1, 0.15) is 50.4 Å². The van der Waals surface area contributed by atoms with Gasteiger partial charge in [-0.05, 0) is 57.5 Å². The summed E-state index contributed by atoms with van der Waals surface area (Å²) in [7, 11) is -1.84. The van der Waals surface area contributed by atoms with E-state index in [4.69, 9.17) is 18.6 Å². The molecule has 2 aromatic heterocycles. The van der Waals surface area contributed by atoms with Gasteiger partial charge in [0.15, 0.2) is 16.5 Å². The zero-order chi connectivity index (χ0) is 37.3. The van der Waals surface area contributed by atoms with Gasteiger partial charge in [-0.15, -0.1) is 11.3 Å². The van der Waals surface area contributed by atoms with Crippen molar-refractivity contribution in [3.8, 4) is 11.5 Å². The first-order chi connectivity index (χ1) is 24.0. The van der Waals surface area contributed by atoms with Crippen LogP contribution in [0.4, 0.5) is 23.1 Å². The quantitative estimate of drug-likeness (QED) is 0.145. The topological polar surface area (TPSA) is 142 Å². The van der Waals surface area contributed by atoms with Crippen LogP contribution in [0.15, 0.2) is 80.3 Å². The van der Waals surface area contributed by atoms with Crippen LogP contribution in [0.5, 0.6) is 11.5 Å². The lowest BCUT2D eigenvalue weighted by Gasteiger charge is -2.25. The fourth-order valence-electron chi connectivity index (χ4n) is 5.39. The van der Waals surface area contributed by atoms with Crippen LogP contribution in [0.2, 0.25) is 0 Å². The van der Waals surface area contributed by atoms with Gasteiger partial charge >= 0.3 is 11.8 Å². The molecule has 1 atom stereocenters. The number of sulfonamides is 1. The second kappa shape index (κ2) is 14.3. The molecule has 0 radical (unpaired) electrons. The van der Waals surface area contributed by atoms with Gasteiger partial charge in [-0.1, -0.05) is 24.3 Å². The summed E-state index contributed by atoms with van der Waals surface area (Å²) >= 11 is 1.000. The number of alkyl carbamates (subject to hydrolysis) is 1. The fourth-order valence-corrected chi connectivity index (χ4v) is 7.72. The molecule has 5 aromatic rings. The Morgan fingerprint density at radius 2 is 1.82 bits per heavy atom. The number of alkyl halides is 2. The fraction of sp³-hybridized carbons (Fsp3) is 0.324. The van der Waals surface area contributed by atoms with Crippen LogP contribution in [-0.4, -0.2) is 50.4 Å². The van der Waals surface area contributed by atoms with Crippen LogP contribution < -0.4 is 24.9 Å². The van der Waals surface area contributed by atoms with Gasteiger partial charge in [0.1, 0.15) is 22.0 Å². The highest BCUT2D eigenvalue weighted by Crippen LogP contribution is 2.37. The van der Waals surface area contributed by atoms with Gasteiger partial charge in [-0.3, -0.25) is 4.57 Å². The minimum absolute atomic E-state index is 0.0266. The number of methoxy groups -OCH3 is 2. The molecule has 1 amide bonds. The van der Waals surface area contributed by atoms with Crippen molar-refractivity contribution in [2.45, 2.75) is 56.7 Å². The third-order valence-corrected chi connectivity index (χ3v) is 10.4. The van der Waals surface area contributed by atoms with Crippen LogP contribution in [0.3, 0.4) is 0 Å². The molecule has 0 saturated carbocycles. The predicted octanol–water partition coefficient (Wildman–Crippen LogP) is 6.83. The van der Waals surface area contributed by atoms with Crippen molar-refractivity contribution < 1.29 is 45.0 Å². The number of oxazole rings is 1. The Balaban J connectivity index is 1.52. The van der Waals surface area contributed by atoms with Crippen LogP contribution >= 0.6 is 11.3 Å². The summed E-state index contributed by atoms with van der Waals surface area (Å²) < 4.78 is 98.6. The van der Waals surface area contributed by atoms with Crippen LogP contribution in [0, 0.1) is 5.82 Å². The third kappa shape index (κ3) is 7.68. The summed E-state index contributed by atoms with van der Waals surface area (Å²) in [5, 5.41) is 3.65. The molecule has 0 bridgehead atoms. The molecule has 0 aliphatic rings. The van der Waals surface area contributed by atoms with Crippen LogP contribution in [0.25, 0.3) is 11.1 Å². The van der Waals surface area contributed by atoms with Gasteiger partial charge in [0.2, 0.25) is 0 Å². The summed E-state index contributed by atoms with van der Waals surface area (Å²) in [6.45, 7) is 4.78. The van der Waals surface area contributed by atoms with Crippen molar-refractivity contribution in [2.75, 3.05) is 25.1 Å². The normalized spacial score (nSPS) is 12.8. The Kier molecular flexibility index (Phi) is 10.4. The van der Waals surface area contributed by atoms with E-state index in [-0.39, 0.29) is 22.8 Å². The largest absolute Gasteiger partial charge is 0.497 e. The van der Waals surface area contributed by atoms with E-state index in [1.807, 2.05) is 0 Å². The molecular formula is C34H35F3N4O8S2. The van der Waals surface area contributed by atoms with Gasteiger partial charge < -0.3 is 23.9 Å². The Labute approximate surface area is 295 Å². The lowest BCUT2D eigenvalue weighted by molar-refractivity contribution is -0.0102. The maximum atomic E-state index is 16.3. The lowest BCUT2D eigenvalue weighted by atomic mass is 9.96. The number of hydrogen-bond donors (Lipinski definition) is 1. The summed E-state index contributed by atoms with van der Waals surface area (Å²) in [6.07, 6.45) is 0.352. The Morgan fingerprint density at radius 3 is 2.47 bits per heavy atom. The first-order valence-corrected chi connectivity index (χ1v) is 17.7. The van der Waals surface area contributed by atoms with E-state index in [2.05, 4.69) is 10.3 Å². The van der Waals surface area contributed by atoms with Gasteiger partial charge in [-0.2, -0.15) is 8.78 Å². The Morgan fingerprint density at radius 1 is 1.10 bits per heavy atom. The van der Waals surface area contributed by atoms with E-state index < -0.39 is 67.8 Å². The number of halogens is 3. The second-order valence-corrected chi connectivity index (χ2v) is 15.0. The number of rotatable bonds is 12. The van der Waals surface area contributed by atoms with Gasteiger partial charge in [0, 0.05) is 28.8 Å². The van der Waals surface area contributed by atoms with E-state index in [1.165, 1.54) is 51.6 Å². The van der Waals surface area contributed by atoms with E-state index in [9.17, 15) is 18.0 Å². The molecule has 272 valence electrons.